The molecule has 0 aromatic heterocycles. The molecule has 0 aliphatic carbocycles. The highest BCUT2D eigenvalue weighted by atomic mass is 16.5. The molecule has 0 saturated heterocycles. The number of nitrogen functional groups attached to an aromatic ring is 1. The van der Waals surface area contributed by atoms with E-state index in [0.717, 1.165) is 0 Å². The first-order valence-corrected chi connectivity index (χ1v) is 5.57. The average Bonchev–Trinajstić information content (AvgIpc) is 2.37. The Hall–Kier alpha value is -1.79. The van der Waals surface area contributed by atoms with Crippen LogP contribution in [0.3, 0.4) is 0 Å². The van der Waals surface area contributed by atoms with Crippen LogP contribution in [0, 0.1) is 0 Å². The molecule has 6 heteroatoms. The molecule has 0 aliphatic heterocycles. The van der Waals surface area contributed by atoms with E-state index in [1.807, 2.05) is 0 Å². The van der Waals surface area contributed by atoms with Crippen LogP contribution in [0.5, 0.6) is 5.75 Å². The molecule has 18 heavy (non-hydrogen) atoms. The normalized spacial score (nSPS) is 10.3. The predicted molar refractivity (Wildman–Crippen MR) is 67.4 cm³/mol. The van der Waals surface area contributed by atoms with Crippen LogP contribution in [0.4, 0.5) is 5.69 Å². The lowest BCUT2D eigenvalue weighted by molar-refractivity contribution is 0.0656. The van der Waals surface area contributed by atoms with E-state index in [1.165, 1.54) is 30.2 Å². The number of phenolic OH excluding ortho intramolecular Hbond substituents is 1. The fourth-order valence-electron chi connectivity index (χ4n) is 1.50. The highest BCUT2D eigenvalue weighted by Gasteiger charge is 2.16. The van der Waals surface area contributed by atoms with E-state index in [4.69, 9.17) is 15.6 Å². The Kier molecular flexibility index (Phi) is 5.41. The van der Waals surface area contributed by atoms with Gasteiger partial charge in [-0.2, -0.15) is 0 Å². The van der Waals surface area contributed by atoms with Crippen LogP contribution in [0.1, 0.15) is 10.4 Å². The van der Waals surface area contributed by atoms with Crippen LogP contribution in [0.25, 0.3) is 0 Å². The zero-order valence-corrected chi connectivity index (χ0v) is 10.3. The number of methoxy groups -OCH3 is 1. The number of nitrogens with zero attached hydrogens (tertiary/aromatic N) is 1. The maximum Gasteiger partial charge on any atom is 0.254 e. The number of nitrogens with two attached hydrogens (primary N) is 1. The van der Waals surface area contributed by atoms with E-state index < -0.39 is 0 Å². The second-order valence-corrected chi connectivity index (χ2v) is 3.78. The Balaban J connectivity index is 2.83. The third-order valence-corrected chi connectivity index (χ3v) is 2.50. The van der Waals surface area contributed by atoms with Crippen LogP contribution in [0.2, 0.25) is 0 Å². The standard InChI is InChI=1S/C12H18N2O4/c1-18-7-5-14(4-6-15)12(17)9-2-3-10(13)11(16)8-9/h2-3,8,15-16H,4-7,13H2,1H3. The fourth-order valence-corrected chi connectivity index (χ4v) is 1.50. The van der Waals surface area contributed by atoms with Crippen LogP contribution in [-0.4, -0.2) is 54.4 Å². The van der Waals surface area contributed by atoms with Crippen molar-refractivity contribution in [2.45, 2.75) is 0 Å². The summed E-state index contributed by atoms with van der Waals surface area (Å²) in [6.45, 7) is 0.845. The van der Waals surface area contributed by atoms with Gasteiger partial charge in [0.25, 0.3) is 5.91 Å². The van der Waals surface area contributed by atoms with Gasteiger partial charge in [-0.1, -0.05) is 0 Å². The van der Waals surface area contributed by atoms with Gasteiger partial charge in [0.2, 0.25) is 0 Å². The molecule has 0 fully saturated rings. The number of anilines is 1. The number of aliphatic hydroxyl groups excluding tert-OH is 1. The molecule has 0 atom stereocenters. The summed E-state index contributed by atoms with van der Waals surface area (Å²) in [4.78, 5) is 13.6. The molecule has 0 saturated carbocycles. The first-order valence-electron chi connectivity index (χ1n) is 5.57. The van der Waals surface area contributed by atoms with Crippen LogP contribution in [0.15, 0.2) is 18.2 Å². The Labute approximate surface area is 106 Å². The number of rotatable bonds is 6. The number of carbonyl (C=O) groups is 1. The summed E-state index contributed by atoms with van der Waals surface area (Å²) in [5, 5.41) is 18.4. The minimum atomic E-state index is -0.281. The maximum absolute atomic E-state index is 12.1. The molecular formula is C12H18N2O4. The SMILES string of the molecule is COCCN(CCO)C(=O)c1ccc(N)c(O)c1. The van der Waals surface area contributed by atoms with Crippen molar-refractivity contribution in [1.82, 2.24) is 4.90 Å². The van der Waals surface area contributed by atoms with E-state index >= 15 is 0 Å². The van der Waals surface area contributed by atoms with Gasteiger partial charge in [-0.3, -0.25) is 4.79 Å². The lowest BCUT2D eigenvalue weighted by Crippen LogP contribution is -2.36. The smallest absolute Gasteiger partial charge is 0.254 e. The molecule has 100 valence electrons. The van der Waals surface area contributed by atoms with Gasteiger partial charge in [0.1, 0.15) is 5.75 Å². The first kappa shape index (κ1) is 14.3. The van der Waals surface area contributed by atoms with Crippen molar-refractivity contribution in [2.24, 2.45) is 0 Å². The Bertz CT molecular complexity index is 409. The molecule has 1 aromatic rings. The summed E-state index contributed by atoms with van der Waals surface area (Å²) in [5.74, 6) is -0.409. The highest BCUT2D eigenvalue weighted by Crippen LogP contribution is 2.21. The molecule has 1 rings (SSSR count). The second kappa shape index (κ2) is 6.83. The third kappa shape index (κ3) is 3.61. The van der Waals surface area contributed by atoms with E-state index in [2.05, 4.69) is 0 Å². The van der Waals surface area contributed by atoms with E-state index in [1.54, 1.807) is 0 Å². The van der Waals surface area contributed by atoms with Crippen molar-refractivity contribution >= 4 is 11.6 Å². The molecule has 1 aromatic carbocycles. The van der Waals surface area contributed by atoms with Crippen LogP contribution in [-0.2, 0) is 4.74 Å². The minimum Gasteiger partial charge on any atom is -0.506 e. The van der Waals surface area contributed by atoms with Crippen LogP contribution < -0.4 is 5.73 Å². The quantitative estimate of drug-likeness (QED) is 0.492. The van der Waals surface area contributed by atoms with Gasteiger partial charge >= 0.3 is 0 Å². The summed E-state index contributed by atoms with van der Waals surface area (Å²) in [5.41, 5.74) is 6.01. The number of carbonyl (C=O) groups excluding carboxylic acids is 1. The average molecular weight is 254 g/mol. The molecular weight excluding hydrogens is 236 g/mol. The molecule has 4 N–H and O–H groups in total. The molecule has 1 amide bonds. The Morgan fingerprint density at radius 1 is 1.44 bits per heavy atom. The summed E-state index contributed by atoms with van der Waals surface area (Å²) in [7, 11) is 1.54. The molecule has 0 unspecified atom stereocenters. The van der Waals surface area contributed by atoms with Gasteiger partial charge in [-0.15, -0.1) is 0 Å². The zero-order chi connectivity index (χ0) is 13.5. The second-order valence-electron chi connectivity index (χ2n) is 3.78. The largest absolute Gasteiger partial charge is 0.506 e. The topological polar surface area (TPSA) is 96.0 Å². The highest BCUT2D eigenvalue weighted by molar-refractivity contribution is 5.95. The van der Waals surface area contributed by atoms with Gasteiger partial charge in [-0.25, -0.2) is 0 Å². The maximum atomic E-state index is 12.1. The zero-order valence-electron chi connectivity index (χ0n) is 10.3. The molecule has 0 aliphatic rings. The van der Waals surface area contributed by atoms with Gasteiger partial charge in [-0.05, 0) is 18.2 Å². The summed E-state index contributed by atoms with van der Waals surface area (Å²) >= 11 is 0. The monoisotopic (exact) mass is 254 g/mol. The van der Waals surface area contributed by atoms with Gasteiger partial charge in [0.05, 0.1) is 18.9 Å². The summed E-state index contributed by atoms with van der Waals surface area (Å²) < 4.78 is 4.90. The number of aliphatic hydroxyl groups is 1. The van der Waals surface area contributed by atoms with Crippen molar-refractivity contribution in [1.29, 1.82) is 0 Å². The fraction of sp³-hybridized carbons (Fsp3) is 0.417. The van der Waals surface area contributed by atoms with E-state index in [9.17, 15) is 9.90 Å². The van der Waals surface area contributed by atoms with Crippen molar-refractivity contribution in [2.75, 3.05) is 39.1 Å². The van der Waals surface area contributed by atoms with E-state index in [0.29, 0.717) is 18.7 Å². The Morgan fingerprint density at radius 2 is 2.17 bits per heavy atom. The molecule has 6 nitrogen and oxygen atoms in total. The summed E-state index contributed by atoms with van der Waals surface area (Å²) in [6.07, 6.45) is 0. The van der Waals surface area contributed by atoms with Crippen molar-refractivity contribution < 1.29 is 19.7 Å². The molecule has 0 spiro atoms. The lowest BCUT2D eigenvalue weighted by atomic mass is 10.1. The van der Waals surface area contributed by atoms with Gasteiger partial charge in [0, 0.05) is 25.8 Å². The number of hydrogen-bond donors (Lipinski definition) is 3. The molecule has 0 heterocycles. The number of aromatic hydroxyl groups is 1. The van der Waals surface area contributed by atoms with Crippen molar-refractivity contribution in [3.8, 4) is 5.75 Å². The van der Waals surface area contributed by atoms with Gasteiger partial charge < -0.3 is 25.6 Å². The number of hydrogen-bond acceptors (Lipinski definition) is 5. The first-order chi connectivity index (χ1) is 8.60. The van der Waals surface area contributed by atoms with Crippen molar-refractivity contribution in [3.05, 3.63) is 23.8 Å². The predicted octanol–water partition coefficient (Wildman–Crippen LogP) is 0.0553. The number of phenols is 1. The number of ether oxygens (including phenoxy) is 1. The van der Waals surface area contributed by atoms with Crippen LogP contribution >= 0.6 is 0 Å². The minimum absolute atomic E-state index is 0.128. The summed E-state index contributed by atoms with van der Waals surface area (Å²) in [6, 6.07) is 4.32. The lowest BCUT2D eigenvalue weighted by Gasteiger charge is -2.21. The third-order valence-electron chi connectivity index (χ3n) is 2.50. The van der Waals surface area contributed by atoms with E-state index in [-0.39, 0.29) is 30.5 Å². The number of amides is 1. The molecule has 0 radical (unpaired) electrons. The molecule has 0 bridgehead atoms. The number of benzene rings is 1. The van der Waals surface area contributed by atoms with Gasteiger partial charge in [0.15, 0.2) is 0 Å². The Morgan fingerprint density at radius 3 is 2.72 bits per heavy atom. The van der Waals surface area contributed by atoms with Crippen molar-refractivity contribution in [3.63, 3.8) is 0 Å².